The van der Waals surface area contributed by atoms with Crippen LogP contribution in [-0.4, -0.2) is 46.9 Å². The highest BCUT2D eigenvalue weighted by Crippen LogP contribution is 2.61. The van der Waals surface area contributed by atoms with Gasteiger partial charge in [0.25, 0.3) is 0 Å². The normalized spacial score (nSPS) is 16.4. The quantitative estimate of drug-likeness (QED) is 0.266. The van der Waals surface area contributed by atoms with Crippen LogP contribution in [0.5, 0.6) is 5.75 Å². The number of hydrogen-bond donors (Lipinski definition) is 1. The van der Waals surface area contributed by atoms with Crippen LogP contribution >= 0.6 is 0 Å². The Morgan fingerprint density at radius 3 is 1.52 bits per heavy atom. The van der Waals surface area contributed by atoms with E-state index in [9.17, 15) is 67.0 Å². The molecule has 1 N–H and O–H groups in total. The Balaban J connectivity index is 3.37. The number of aliphatic hydroxyl groups is 1. The van der Waals surface area contributed by atoms with E-state index in [4.69, 9.17) is 0 Å². The van der Waals surface area contributed by atoms with Crippen LogP contribution in [0.25, 0.3) is 0 Å². The first-order chi connectivity index (χ1) is 14.3. The minimum absolute atomic E-state index is 0.250. The standard InChI is InChI=1S/C17H13F13O3/c1-8(31)33-10-5-3-9(4-6-10)11(2,32)7-12(18,19)13(20,21)14(22,23)15(24,25)16(26,27)17(28,29)30/h3-6,32H,7H2,1-2H3. The van der Waals surface area contributed by atoms with Crippen LogP contribution in [0.3, 0.4) is 0 Å². The van der Waals surface area contributed by atoms with E-state index in [1.807, 2.05) is 0 Å². The second-order valence-corrected chi connectivity index (χ2v) is 7.07. The number of halogens is 13. The molecule has 0 spiro atoms. The molecule has 0 aliphatic heterocycles. The molecule has 1 aromatic carbocycles. The van der Waals surface area contributed by atoms with Crippen molar-refractivity contribution in [3.63, 3.8) is 0 Å². The average molecular weight is 512 g/mol. The zero-order valence-electron chi connectivity index (χ0n) is 16.2. The van der Waals surface area contributed by atoms with Gasteiger partial charge < -0.3 is 9.84 Å². The third kappa shape index (κ3) is 4.84. The summed E-state index contributed by atoms with van der Waals surface area (Å²) in [5, 5.41) is 10.0. The van der Waals surface area contributed by atoms with E-state index < -0.39 is 59.3 Å². The zero-order valence-corrected chi connectivity index (χ0v) is 16.2. The number of benzene rings is 1. The van der Waals surface area contributed by atoms with Gasteiger partial charge in [-0.1, -0.05) is 12.1 Å². The summed E-state index contributed by atoms with van der Waals surface area (Å²) in [6.07, 6.45) is -10.3. The van der Waals surface area contributed by atoms with E-state index in [0.717, 1.165) is 19.1 Å². The minimum Gasteiger partial charge on any atom is -0.427 e. The van der Waals surface area contributed by atoms with Crippen LogP contribution in [0.15, 0.2) is 24.3 Å². The smallest absolute Gasteiger partial charge is 0.427 e. The number of alkyl halides is 13. The molecule has 0 saturated carbocycles. The van der Waals surface area contributed by atoms with Crippen molar-refractivity contribution in [1.82, 2.24) is 0 Å². The monoisotopic (exact) mass is 512 g/mol. The maximum atomic E-state index is 14.0. The molecule has 33 heavy (non-hydrogen) atoms. The van der Waals surface area contributed by atoms with Crippen molar-refractivity contribution in [3.05, 3.63) is 29.8 Å². The maximum Gasteiger partial charge on any atom is 0.460 e. The average Bonchev–Trinajstić information content (AvgIpc) is 2.59. The van der Waals surface area contributed by atoms with Crippen LogP contribution in [0.4, 0.5) is 57.1 Å². The van der Waals surface area contributed by atoms with Crippen LogP contribution in [0, 0.1) is 0 Å². The van der Waals surface area contributed by atoms with Crippen molar-refractivity contribution in [1.29, 1.82) is 0 Å². The minimum atomic E-state index is -8.01. The van der Waals surface area contributed by atoms with Gasteiger partial charge >= 0.3 is 41.8 Å². The Kier molecular flexibility index (Phi) is 7.15. The van der Waals surface area contributed by atoms with Gasteiger partial charge in [-0.2, -0.15) is 57.1 Å². The van der Waals surface area contributed by atoms with Gasteiger partial charge in [0.1, 0.15) is 5.75 Å². The summed E-state index contributed by atoms with van der Waals surface area (Å²) in [6, 6.07) is 3.01. The molecular weight excluding hydrogens is 499 g/mol. The highest BCUT2D eigenvalue weighted by molar-refractivity contribution is 5.69. The number of esters is 1. The van der Waals surface area contributed by atoms with Gasteiger partial charge in [0.15, 0.2) is 0 Å². The maximum absolute atomic E-state index is 14.0. The predicted molar refractivity (Wildman–Crippen MR) is 82.7 cm³/mol. The van der Waals surface area contributed by atoms with Gasteiger partial charge in [0.2, 0.25) is 0 Å². The number of ether oxygens (including phenoxy) is 1. The third-order valence-electron chi connectivity index (χ3n) is 4.30. The number of hydrogen-bond acceptors (Lipinski definition) is 3. The molecule has 190 valence electrons. The molecule has 0 fully saturated rings. The van der Waals surface area contributed by atoms with Crippen LogP contribution in [-0.2, 0) is 10.4 Å². The molecule has 0 aliphatic rings. The molecule has 0 aliphatic carbocycles. The number of carbonyl (C=O) groups is 1. The fourth-order valence-electron chi connectivity index (χ4n) is 2.50. The SMILES string of the molecule is CC(=O)Oc1ccc(C(C)(O)CC(F)(F)C(F)(F)C(F)(F)C(F)(F)C(F)(F)C(F)(F)F)cc1. The van der Waals surface area contributed by atoms with Crippen LogP contribution < -0.4 is 4.74 Å². The van der Waals surface area contributed by atoms with E-state index in [0.29, 0.717) is 19.1 Å². The summed E-state index contributed by atoms with van der Waals surface area (Å²) < 4.78 is 176. The summed E-state index contributed by atoms with van der Waals surface area (Å²) in [7, 11) is 0. The molecule has 0 heterocycles. The fraction of sp³-hybridized carbons (Fsp3) is 0.588. The molecule has 16 heteroatoms. The fourth-order valence-corrected chi connectivity index (χ4v) is 2.50. The molecular formula is C17H13F13O3. The number of carbonyl (C=O) groups excluding carboxylic acids is 1. The topological polar surface area (TPSA) is 46.5 Å². The lowest BCUT2D eigenvalue weighted by atomic mass is 9.84. The van der Waals surface area contributed by atoms with E-state index >= 15 is 0 Å². The first-order valence-electron chi connectivity index (χ1n) is 8.32. The van der Waals surface area contributed by atoms with Crippen LogP contribution in [0.1, 0.15) is 25.8 Å². The van der Waals surface area contributed by atoms with Gasteiger partial charge in [-0.05, 0) is 24.6 Å². The number of rotatable bonds is 8. The van der Waals surface area contributed by atoms with E-state index in [1.165, 1.54) is 0 Å². The molecule has 0 aromatic heterocycles. The van der Waals surface area contributed by atoms with Crippen molar-refractivity contribution in [2.45, 2.75) is 61.7 Å². The lowest BCUT2D eigenvalue weighted by Crippen LogP contribution is -2.70. The van der Waals surface area contributed by atoms with Crippen molar-refractivity contribution < 1.29 is 71.7 Å². The molecule has 1 aromatic rings. The largest absolute Gasteiger partial charge is 0.460 e. The Morgan fingerprint density at radius 1 is 0.758 bits per heavy atom. The van der Waals surface area contributed by atoms with Crippen molar-refractivity contribution in [3.8, 4) is 5.75 Å². The molecule has 1 unspecified atom stereocenters. The van der Waals surface area contributed by atoms with Gasteiger partial charge in [-0.25, -0.2) is 0 Å². The molecule has 0 amide bonds. The summed E-state index contributed by atoms with van der Waals surface area (Å²) in [4.78, 5) is 10.8. The van der Waals surface area contributed by atoms with Gasteiger partial charge in [0, 0.05) is 6.92 Å². The lowest BCUT2D eigenvalue weighted by molar-refractivity contribution is -0.441. The predicted octanol–water partition coefficient (Wildman–Crippen LogP) is 5.95. The molecule has 3 nitrogen and oxygen atoms in total. The second kappa shape index (κ2) is 8.20. The first-order valence-corrected chi connectivity index (χ1v) is 8.32. The van der Waals surface area contributed by atoms with E-state index in [1.54, 1.807) is 0 Å². The zero-order chi connectivity index (χ0) is 26.5. The molecule has 1 atom stereocenters. The second-order valence-electron chi connectivity index (χ2n) is 7.07. The Labute approximate surface area is 176 Å². The highest BCUT2D eigenvalue weighted by atomic mass is 19.4. The Hall–Kier alpha value is -2.26. The van der Waals surface area contributed by atoms with Crippen molar-refractivity contribution in [2.24, 2.45) is 0 Å². The van der Waals surface area contributed by atoms with Gasteiger partial charge in [0.05, 0.1) is 12.0 Å². The molecule has 0 bridgehead atoms. The van der Waals surface area contributed by atoms with Gasteiger partial charge in [-0.15, -0.1) is 0 Å². The lowest BCUT2D eigenvalue weighted by Gasteiger charge is -2.41. The molecule has 0 saturated heterocycles. The first kappa shape index (κ1) is 28.8. The molecule has 0 radical (unpaired) electrons. The van der Waals surface area contributed by atoms with E-state index in [2.05, 4.69) is 4.74 Å². The summed E-state index contributed by atoms with van der Waals surface area (Å²) >= 11 is 0. The molecule has 1 rings (SSSR count). The summed E-state index contributed by atoms with van der Waals surface area (Å²) in [5.74, 6) is -38.8. The summed E-state index contributed by atoms with van der Waals surface area (Å²) in [6.45, 7) is 1.27. The Bertz CT molecular complexity index is 858. The van der Waals surface area contributed by atoms with Crippen molar-refractivity contribution >= 4 is 5.97 Å². The highest BCUT2D eigenvalue weighted by Gasteiger charge is 2.90. The van der Waals surface area contributed by atoms with Crippen molar-refractivity contribution in [2.75, 3.05) is 0 Å². The Morgan fingerprint density at radius 2 is 1.15 bits per heavy atom. The summed E-state index contributed by atoms with van der Waals surface area (Å²) in [5.41, 5.74) is -3.98. The van der Waals surface area contributed by atoms with Gasteiger partial charge in [-0.3, -0.25) is 4.79 Å². The van der Waals surface area contributed by atoms with E-state index in [-0.39, 0.29) is 5.75 Å². The van der Waals surface area contributed by atoms with Crippen LogP contribution in [0.2, 0.25) is 0 Å². The third-order valence-corrected chi connectivity index (χ3v) is 4.30.